The topological polar surface area (TPSA) is 79.3 Å². The monoisotopic (exact) mass is 236 g/mol. The first-order valence-corrected chi connectivity index (χ1v) is 5.44. The lowest BCUT2D eigenvalue weighted by atomic mass is 10.1. The highest BCUT2D eigenvalue weighted by Gasteiger charge is 2.11. The summed E-state index contributed by atoms with van der Waals surface area (Å²) in [6.07, 6.45) is 1.97. The lowest BCUT2D eigenvalue weighted by Crippen LogP contribution is -2.33. The molecule has 1 rings (SSSR count). The third kappa shape index (κ3) is 4.63. The van der Waals surface area contributed by atoms with Gasteiger partial charge in [-0.3, -0.25) is 14.6 Å². The zero-order chi connectivity index (χ0) is 12.8. The Morgan fingerprint density at radius 2 is 2.18 bits per heavy atom. The molecule has 1 heterocycles. The molecule has 0 saturated heterocycles. The zero-order valence-electron chi connectivity index (χ0n) is 9.93. The van der Waals surface area contributed by atoms with Crippen LogP contribution in [0.4, 0.5) is 0 Å². The molecule has 1 atom stereocenters. The van der Waals surface area contributed by atoms with E-state index in [-0.39, 0.29) is 18.4 Å². The second-order valence-electron chi connectivity index (χ2n) is 4.00. The van der Waals surface area contributed by atoms with Gasteiger partial charge in [0.15, 0.2) is 0 Å². The van der Waals surface area contributed by atoms with E-state index >= 15 is 0 Å². The minimum atomic E-state index is -0.858. The first-order chi connectivity index (χ1) is 7.99. The number of carbonyl (C=O) groups is 2. The summed E-state index contributed by atoms with van der Waals surface area (Å²) < 4.78 is 0. The Labute approximate surface area is 99.9 Å². The number of amides is 1. The molecule has 5 nitrogen and oxygen atoms in total. The van der Waals surface area contributed by atoms with Gasteiger partial charge in [0.1, 0.15) is 0 Å². The third-order valence-electron chi connectivity index (χ3n) is 2.34. The van der Waals surface area contributed by atoms with Crippen LogP contribution in [-0.4, -0.2) is 28.0 Å². The molecular weight excluding hydrogens is 220 g/mol. The number of aromatic nitrogens is 1. The van der Waals surface area contributed by atoms with Crippen molar-refractivity contribution in [3.05, 3.63) is 29.6 Å². The number of pyridine rings is 1. The summed E-state index contributed by atoms with van der Waals surface area (Å²) >= 11 is 0. The molecule has 0 unspecified atom stereocenters. The van der Waals surface area contributed by atoms with E-state index in [2.05, 4.69) is 10.3 Å². The molecule has 0 fully saturated rings. The molecule has 2 N–H and O–H groups in total. The number of carboxylic acids is 1. The fourth-order valence-electron chi connectivity index (χ4n) is 1.32. The van der Waals surface area contributed by atoms with Gasteiger partial charge in [-0.05, 0) is 32.4 Å². The van der Waals surface area contributed by atoms with Crippen molar-refractivity contribution < 1.29 is 14.7 Å². The maximum Gasteiger partial charge on any atom is 0.303 e. The average Bonchev–Trinajstić information content (AvgIpc) is 2.27. The predicted octanol–water partition coefficient (Wildman–Crippen LogP) is 1.37. The number of aliphatic carboxylic acids is 1. The third-order valence-corrected chi connectivity index (χ3v) is 2.34. The van der Waals surface area contributed by atoms with Crippen molar-refractivity contribution in [3.8, 4) is 0 Å². The number of nitrogens with zero attached hydrogens (tertiary/aromatic N) is 1. The molecule has 92 valence electrons. The Morgan fingerprint density at radius 3 is 2.71 bits per heavy atom. The van der Waals surface area contributed by atoms with Gasteiger partial charge in [-0.15, -0.1) is 0 Å². The highest BCUT2D eigenvalue weighted by molar-refractivity contribution is 5.94. The molecule has 0 aliphatic heterocycles. The van der Waals surface area contributed by atoms with E-state index in [1.165, 1.54) is 6.20 Å². The molecule has 0 aliphatic rings. The van der Waals surface area contributed by atoms with E-state index < -0.39 is 5.97 Å². The molecule has 1 aromatic rings. The molecule has 0 radical (unpaired) electrons. The molecule has 17 heavy (non-hydrogen) atoms. The van der Waals surface area contributed by atoms with Gasteiger partial charge in [0.2, 0.25) is 0 Å². The van der Waals surface area contributed by atoms with Crippen molar-refractivity contribution in [3.63, 3.8) is 0 Å². The number of nitrogens with one attached hydrogen (secondary N) is 1. The van der Waals surface area contributed by atoms with Gasteiger partial charge in [-0.25, -0.2) is 0 Å². The molecule has 0 saturated carbocycles. The fraction of sp³-hybridized carbons (Fsp3) is 0.417. The van der Waals surface area contributed by atoms with Crippen LogP contribution >= 0.6 is 0 Å². The molecule has 0 aromatic carbocycles. The van der Waals surface area contributed by atoms with Crippen LogP contribution in [0.1, 0.15) is 35.8 Å². The van der Waals surface area contributed by atoms with E-state index in [1.807, 2.05) is 6.92 Å². The lowest BCUT2D eigenvalue weighted by molar-refractivity contribution is -0.137. The number of aryl methyl sites for hydroxylation is 1. The fourth-order valence-corrected chi connectivity index (χ4v) is 1.32. The van der Waals surface area contributed by atoms with Crippen LogP contribution in [0.15, 0.2) is 18.3 Å². The second kappa shape index (κ2) is 5.98. The van der Waals surface area contributed by atoms with Crippen molar-refractivity contribution >= 4 is 11.9 Å². The van der Waals surface area contributed by atoms with Gasteiger partial charge >= 0.3 is 5.97 Å². The van der Waals surface area contributed by atoms with E-state index in [0.29, 0.717) is 12.0 Å². The number of hydrogen-bond acceptors (Lipinski definition) is 3. The Bertz CT molecular complexity index is 401. The molecule has 1 amide bonds. The summed E-state index contributed by atoms with van der Waals surface area (Å²) in [6, 6.07) is 3.29. The SMILES string of the molecule is Cc1ccc(C(=O)N[C@H](C)CCC(=O)O)cn1. The summed E-state index contributed by atoms with van der Waals surface area (Å²) in [5.74, 6) is -1.08. The standard InChI is InChI=1S/C12H16N2O3/c1-8-3-5-10(7-13-8)12(17)14-9(2)4-6-11(15)16/h3,5,7,9H,4,6H2,1-2H3,(H,14,17)(H,15,16)/t9-/m1/s1. The molecule has 0 bridgehead atoms. The number of carbonyl (C=O) groups excluding carboxylic acids is 1. The Morgan fingerprint density at radius 1 is 1.47 bits per heavy atom. The molecule has 0 aliphatic carbocycles. The first-order valence-electron chi connectivity index (χ1n) is 5.44. The van der Waals surface area contributed by atoms with Gasteiger partial charge in [-0.1, -0.05) is 0 Å². The molecular formula is C12H16N2O3. The van der Waals surface area contributed by atoms with Crippen LogP contribution < -0.4 is 5.32 Å². The van der Waals surface area contributed by atoms with Gasteiger partial charge in [-0.2, -0.15) is 0 Å². The van der Waals surface area contributed by atoms with Crippen LogP contribution in [-0.2, 0) is 4.79 Å². The van der Waals surface area contributed by atoms with Crippen molar-refractivity contribution in [2.24, 2.45) is 0 Å². The second-order valence-corrected chi connectivity index (χ2v) is 4.00. The minimum Gasteiger partial charge on any atom is -0.481 e. The van der Waals surface area contributed by atoms with E-state index in [4.69, 9.17) is 5.11 Å². The summed E-state index contributed by atoms with van der Waals surface area (Å²) in [7, 11) is 0. The predicted molar refractivity (Wildman–Crippen MR) is 62.8 cm³/mol. The summed E-state index contributed by atoms with van der Waals surface area (Å²) in [5.41, 5.74) is 1.33. The normalized spacial score (nSPS) is 11.9. The number of carboxylic acid groups (broad SMARTS) is 1. The Hall–Kier alpha value is -1.91. The molecule has 0 spiro atoms. The van der Waals surface area contributed by atoms with Crippen LogP contribution in [0.25, 0.3) is 0 Å². The molecule has 5 heteroatoms. The van der Waals surface area contributed by atoms with Crippen molar-refractivity contribution in [1.29, 1.82) is 0 Å². The van der Waals surface area contributed by atoms with Crippen LogP contribution in [0.3, 0.4) is 0 Å². The highest BCUT2D eigenvalue weighted by atomic mass is 16.4. The quantitative estimate of drug-likeness (QED) is 0.809. The zero-order valence-corrected chi connectivity index (χ0v) is 9.93. The van der Waals surface area contributed by atoms with Crippen molar-refractivity contribution in [2.75, 3.05) is 0 Å². The maximum absolute atomic E-state index is 11.7. The average molecular weight is 236 g/mol. The highest BCUT2D eigenvalue weighted by Crippen LogP contribution is 2.02. The Kier molecular flexibility index (Phi) is 4.63. The van der Waals surface area contributed by atoms with Gasteiger partial charge in [0.25, 0.3) is 5.91 Å². The van der Waals surface area contributed by atoms with Crippen molar-refractivity contribution in [2.45, 2.75) is 32.7 Å². The maximum atomic E-state index is 11.7. The summed E-state index contributed by atoms with van der Waals surface area (Å²) in [4.78, 5) is 26.1. The summed E-state index contributed by atoms with van der Waals surface area (Å²) in [5, 5.41) is 11.3. The van der Waals surface area contributed by atoms with E-state index in [9.17, 15) is 9.59 Å². The molecule has 1 aromatic heterocycles. The van der Waals surface area contributed by atoms with Crippen molar-refractivity contribution in [1.82, 2.24) is 10.3 Å². The minimum absolute atomic E-state index is 0.0492. The number of hydrogen-bond donors (Lipinski definition) is 2. The van der Waals surface area contributed by atoms with Crippen LogP contribution in [0.5, 0.6) is 0 Å². The van der Waals surface area contributed by atoms with Crippen LogP contribution in [0.2, 0.25) is 0 Å². The first kappa shape index (κ1) is 13.2. The van der Waals surface area contributed by atoms with Gasteiger partial charge < -0.3 is 10.4 Å². The van der Waals surface area contributed by atoms with Gasteiger partial charge in [0, 0.05) is 24.4 Å². The van der Waals surface area contributed by atoms with E-state index in [0.717, 1.165) is 5.69 Å². The smallest absolute Gasteiger partial charge is 0.303 e. The largest absolute Gasteiger partial charge is 0.481 e. The van der Waals surface area contributed by atoms with Crippen LogP contribution in [0, 0.1) is 6.92 Å². The number of rotatable bonds is 5. The van der Waals surface area contributed by atoms with E-state index in [1.54, 1.807) is 19.1 Å². The summed E-state index contributed by atoms with van der Waals surface area (Å²) in [6.45, 7) is 3.62. The lowest BCUT2D eigenvalue weighted by Gasteiger charge is -2.12. The Balaban J connectivity index is 2.48. The van der Waals surface area contributed by atoms with Gasteiger partial charge in [0.05, 0.1) is 5.56 Å².